The number of aromatic nitrogens is 1. The molecule has 0 aliphatic carbocycles. The maximum Gasteiger partial charge on any atom is 0.126 e. The van der Waals surface area contributed by atoms with Crippen LogP contribution in [-0.2, 0) is 6.42 Å². The molecular weight excluding hydrogens is 430 g/mol. The Bertz CT molecular complexity index is 864. The van der Waals surface area contributed by atoms with Gasteiger partial charge in [-0.2, -0.15) is 0 Å². The van der Waals surface area contributed by atoms with Crippen molar-refractivity contribution >= 4 is 42.6 Å². The number of pyridine rings is 1. The number of rotatable bonds is 3. The first kappa shape index (κ1) is 16.5. The summed E-state index contributed by atoms with van der Waals surface area (Å²) in [6.07, 6.45) is 0.283. The minimum absolute atomic E-state index is 0.283. The van der Waals surface area contributed by atoms with Crippen LogP contribution >= 0.6 is 31.9 Å². The van der Waals surface area contributed by atoms with Crippen LogP contribution in [0.2, 0.25) is 0 Å². The van der Waals surface area contributed by atoms with E-state index in [2.05, 4.69) is 36.8 Å². The SMILES string of the molecule is NC(Cc1cc(F)cc(F)c1)c1nc(Br)c2ccccc2c1Br. The van der Waals surface area contributed by atoms with Gasteiger partial charge in [-0.15, -0.1) is 0 Å². The van der Waals surface area contributed by atoms with E-state index in [1.54, 1.807) is 0 Å². The molecule has 23 heavy (non-hydrogen) atoms. The maximum absolute atomic E-state index is 13.3. The van der Waals surface area contributed by atoms with E-state index in [4.69, 9.17) is 5.73 Å². The van der Waals surface area contributed by atoms with Crippen LogP contribution < -0.4 is 5.73 Å². The zero-order chi connectivity index (χ0) is 16.6. The van der Waals surface area contributed by atoms with Crippen molar-refractivity contribution in [2.24, 2.45) is 5.73 Å². The topological polar surface area (TPSA) is 38.9 Å². The Balaban J connectivity index is 2.00. The number of fused-ring (bicyclic) bond motifs is 1. The predicted molar refractivity (Wildman–Crippen MR) is 94.1 cm³/mol. The van der Waals surface area contributed by atoms with Gasteiger partial charge in [0.05, 0.1) is 11.7 Å². The van der Waals surface area contributed by atoms with Crippen molar-refractivity contribution in [3.63, 3.8) is 0 Å². The van der Waals surface area contributed by atoms with Crippen LogP contribution in [0.5, 0.6) is 0 Å². The van der Waals surface area contributed by atoms with Crippen molar-refractivity contribution in [3.05, 3.63) is 74.4 Å². The largest absolute Gasteiger partial charge is 0.322 e. The predicted octanol–water partition coefficient (Wildman–Crippen LogP) is 5.28. The molecule has 1 aromatic heterocycles. The Morgan fingerprint density at radius 3 is 2.26 bits per heavy atom. The van der Waals surface area contributed by atoms with Crippen LogP contribution in [0.4, 0.5) is 8.78 Å². The fourth-order valence-corrected chi connectivity index (χ4v) is 3.80. The zero-order valence-corrected chi connectivity index (χ0v) is 15.0. The van der Waals surface area contributed by atoms with Gasteiger partial charge in [-0.25, -0.2) is 13.8 Å². The Kier molecular flexibility index (Phi) is 4.75. The second kappa shape index (κ2) is 6.63. The molecule has 2 N–H and O–H groups in total. The molecule has 1 unspecified atom stereocenters. The van der Waals surface area contributed by atoms with Gasteiger partial charge in [0.1, 0.15) is 16.2 Å². The van der Waals surface area contributed by atoms with Crippen molar-refractivity contribution in [2.75, 3.05) is 0 Å². The second-order valence-electron chi connectivity index (χ2n) is 5.24. The lowest BCUT2D eigenvalue weighted by atomic mass is 10.0. The molecule has 0 amide bonds. The van der Waals surface area contributed by atoms with Crippen molar-refractivity contribution in [1.29, 1.82) is 0 Å². The van der Waals surface area contributed by atoms with Gasteiger partial charge in [-0.1, -0.05) is 24.3 Å². The molecule has 0 fully saturated rings. The first-order chi connectivity index (χ1) is 11.0. The van der Waals surface area contributed by atoms with Gasteiger partial charge in [0.2, 0.25) is 0 Å². The Morgan fingerprint density at radius 1 is 1.00 bits per heavy atom. The molecule has 0 spiro atoms. The molecule has 1 atom stereocenters. The van der Waals surface area contributed by atoms with Gasteiger partial charge in [0.25, 0.3) is 0 Å². The lowest BCUT2D eigenvalue weighted by molar-refractivity contribution is 0.575. The molecular formula is C17H12Br2F2N2. The number of hydrogen-bond acceptors (Lipinski definition) is 2. The summed E-state index contributed by atoms with van der Waals surface area (Å²) in [5.74, 6) is -1.22. The molecule has 6 heteroatoms. The smallest absolute Gasteiger partial charge is 0.126 e. The molecule has 2 aromatic carbocycles. The lowest BCUT2D eigenvalue weighted by Gasteiger charge is -2.16. The maximum atomic E-state index is 13.3. The molecule has 0 aliphatic rings. The number of hydrogen-bond donors (Lipinski definition) is 1. The fraction of sp³-hybridized carbons (Fsp3) is 0.118. The third-order valence-corrected chi connectivity index (χ3v) is 5.00. The van der Waals surface area contributed by atoms with Crippen molar-refractivity contribution in [3.8, 4) is 0 Å². The van der Waals surface area contributed by atoms with Crippen LogP contribution in [0, 0.1) is 11.6 Å². The van der Waals surface area contributed by atoms with Gasteiger partial charge in [0.15, 0.2) is 0 Å². The average molecular weight is 442 g/mol. The van der Waals surface area contributed by atoms with Crippen LogP contribution in [0.1, 0.15) is 17.3 Å². The second-order valence-corrected chi connectivity index (χ2v) is 6.78. The van der Waals surface area contributed by atoms with Crippen molar-refractivity contribution < 1.29 is 8.78 Å². The third-order valence-electron chi connectivity index (χ3n) is 3.56. The minimum Gasteiger partial charge on any atom is -0.322 e. The fourth-order valence-electron chi connectivity index (χ4n) is 2.53. The summed E-state index contributed by atoms with van der Waals surface area (Å²) in [6, 6.07) is 10.7. The highest BCUT2D eigenvalue weighted by atomic mass is 79.9. The van der Waals surface area contributed by atoms with E-state index in [-0.39, 0.29) is 6.42 Å². The monoisotopic (exact) mass is 440 g/mol. The lowest BCUT2D eigenvalue weighted by Crippen LogP contribution is -2.16. The van der Waals surface area contributed by atoms with E-state index in [1.807, 2.05) is 24.3 Å². The van der Waals surface area contributed by atoms with E-state index >= 15 is 0 Å². The summed E-state index contributed by atoms with van der Waals surface area (Å²) in [5.41, 5.74) is 7.36. The standard InChI is InChI=1S/C17H12Br2F2N2/c18-15-12-3-1-2-4-13(12)17(19)23-16(15)14(22)7-9-5-10(20)8-11(21)6-9/h1-6,8,14H,7,22H2. The van der Waals surface area contributed by atoms with Crippen molar-refractivity contribution in [1.82, 2.24) is 4.98 Å². The highest BCUT2D eigenvalue weighted by Gasteiger charge is 2.17. The number of benzene rings is 2. The zero-order valence-electron chi connectivity index (χ0n) is 11.9. The van der Waals surface area contributed by atoms with Crippen LogP contribution in [0.15, 0.2) is 51.5 Å². The molecule has 2 nitrogen and oxygen atoms in total. The average Bonchev–Trinajstić information content (AvgIpc) is 2.50. The van der Waals surface area contributed by atoms with Gasteiger partial charge >= 0.3 is 0 Å². The third kappa shape index (κ3) is 3.44. The Hall–Kier alpha value is -1.37. The van der Waals surface area contributed by atoms with E-state index in [9.17, 15) is 8.78 Å². The van der Waals surface area contributed by atoms with Gasteiger partial charge in [-0.05, 0) is 56.0 Å². The van der Waals surface area contributed by atoms with Crippen LogP contribution in [-0.4, -0.2) is 4.98 Å². The molecule has 0 aliphatic heterocycles. The van der Waals surface area contributed by atoms with E-state index in [1.165, 1.54) is 12.1 Å². The summed E-state index contributed by atoms with van der Waals surface area (Å²) >= 11 is 7.00. The summed E-state index contributed by atoms with van der Waals surface area (Å²) in [6.45, 7) is 0. The molecule has 118 valence electrons. The molecule has 0 radical (unpaired) electrons. The normalized spacial score (nSPS) is 12.6. The number of nitrogens with two attached hydrogens (primary N) is 1. The first-order valence-electron chi connectivity index (χ1n) is 6.90. The minimum atomic E-state index is -0.612. The van der Waals surface area contributed by atoms with Crippen molar-refractivity contribution in [2.45, 2.75) is 12.5 Å². The Labute approximate surface area is 149 Å². The van der Waals surface area contributed by atoms with E-state index in [0.29, 0.717) is 15.9 Å². The van der Waals surface area contributed by atoms with E-state index < -0.39 is 17.7 Å². The number of nitrogens with zero attached hydrogens (tertiary/aromatic N) is 1. The van der Waals surface area contributed by atoms with Crippen LogP contribution in [0.3, 0.4) is 0 Å². The van der Waals surface area contributed by atoms with Gasteiger partial charge in [0, 0.05) is 21.3 Å². The summed E-state index contributed by atoms with van der Waals surface area (Å²) < 4.78 is 28.1. The molecule has 0 saturated carbocycles. The van der Waals surface area contributed by atoms with Gasteiger partial charge < -0.3 is 5.73 Å². The van der Waals surface area contributed by atoms with Crippen LogP contribution in [0.25, 0.3) is 10.8 Å². The summed E-state index contributed by atoms with van der Waals surface area (Å²) in [4.78, 5) is 4.50. The molecule has 0 saturated heterocycles. The first-order valence-corrected chi connectivity index (χ1v) is 8.48. The molecule has 3 aromatic rings. The highest BCUT2D eigenvalue weighted by Crippen LogP contribution is 2.34. The summed E-state index contributed by atoms with van der Waals surface area (Å²) in [7, 11) is 0. The quantitative estimate of drug-likeness (QED) is 0.561. The summed E-state index contributed by atoms with van der Waals surface area (Å²) in [5, 5.41) is 1.94. The molecule has 0 bridgehead atoms. The molecule has 3 rings (SSSR count). The molecule has 1 heterocycles. The number of halogens is 4. The highest BCUT2D eigenvalue weighted by molar-refractivity contribution is 9.11. The Morgan fingerprint density at radius 2 is 1.61 bits per heavy atom. The van der Waals surface area contributed by atoms with Gasteiger partial charge in [-0.3, -0.25) is 0 Å². The van der Waals surface area contributed by atoms with E-state index in [0.717, 1.165) is 21.3 Å².